The summed E-state index contributed by atoms with van der Waals surface area (Å²) in [6.07, 6.45) is -4.67. The number of benzene rings is 2. The van der Waals surface area contributed by atoms with Gasteiger partial charge in [-0.3, -0.25) is 0 Å². The first kappa shape index (κ1) is 21.7. The minimum atomic E-state index is -4.67. The van der Waals surface area contributed by atoms with Gasteiger partial charge >= 0.3 is 23.5 Å². The van der Waals surface area contributed by atoms with E-state index in [1.807, 2.05) is 12.1 Å². The Labute approximate surface area is 170 Å². The molecule has 4 aromatic rings. The van der Waals surface area contributed by atoms with Gasteiger partial charge in [-0.15, -0.1) is 0 Å². The lowest BCUT2D eigenvalue weighted by Crippen LogP contribution is -2.16. The standard InChI is InChI=1S/C10H8F3N2O2.C9H8FN2O2/c1-6-2-4-7(5-3-6)8-9(10(11,12)13)14-17-15(8)16;1-6-2-4-7(5-3-6)8-9(10)11-14-12(8)13/h2-5,14H,1H3;2-5,11H,1H3/q2*+1. The second kappa shape index (κ2) is 8.42. The number of halogens is 4. The van der Waals surface area contributed by atoms with Gasteiger partial charge in [0.15, 0.2) is 9.20 Å². The van der Waals surface area contributed by atoms with E-state index in [2.05, 4.69) is 9.26 Å². The van der Waals surface area contributed by atoms with Gasteiger partial charge in [0.1, 0.15) is 0 Å². The van der Waals surface area contributed by atoms with Gasteiger partial charge in [0.25, 0.3) is 5.69 Å². The SMILES string of the molecule is Cc1ccc(-c2c(C(F)(F)F)[nH]o[n+]2=O)cc1.Cc1ccc(-c2c(F)[nH]o[n+]2=O)cc1. The Morgan fingerprint density at radius 3 is 1.58 bits per heavy atom. The van der Waals surface area contributed by atoms with Crippen LogP contribution in [0.4, 0.5) is 17.6 Å². The number of nitrogens with one attached hydrogen (secondary N) is 2. The molecule has 0 aliphatic carbocycles. The summed E-state index contributed by atoms with van der Waals surface area (Å²) in [6, 6.07) is 13.0. The third kappa shape index (κ3) is 4.79. The van der Waals surface area contributed by atoms with Crippen LogP contribution in [0.2, 0.25) is 0 Å². The van der Waals surface area contributed by atoms with E-state index < -0.39 is 23.5 Å². The number of aromatic amines is 2. The average Bonchev–Trinajstić information content (AvgIpc) is 3.26. The first-order chi connectivity index (χ1) is 14.6. The molecule has 0 aliphatic rings. The Bertz CT molecular complexity index is 1280. The van der Waals surface area contributed by atoms with Gasteiger partial charge in [-0.1, -0.05) is 49.8 Å². The number of aromatic nitrogens is 4. The quantitative estimate of drug-likeness (QED) is 0.457. The van der Waals surface area contributed by atoms with Crippen LogP contribution in [0.15, 0.2) is 57.8 Å². The van der Waals surface area contributed by atoms with Crippen LogP contribution in [0, 0.1) is 29.6 Å². The van der Waals surface area contributed by atoms with Crippen LogP contribution in [0.25, 0.3) is 22.5 Å². The maximum Gasteiger partial charge on any atom is 0.461 e. The van der Waals surface area contributed by atoms with Crippen LogP contribution < -0.4 is 9.20 Å². The maximum absolute atomic E-state index is 13.0. The molecule has 2 aromatic carbocycles. The number of rotatable bonds is 2. The van der Waals surface area contributed by atoms with Crippen LogP contribution in [-0.2, 0) is 6.18 Å². The molecule has 4 rings (SSSR count). The van der Waals surface area contributed by atoms with E-state index in [-0.39, 0.29) is 20.5 Å². The van der Waals surface area contributed by atoms with E-state index in [4.69, 9.17) is 0 Å². The predicted molar refractivity (Wildman–Crippen MR) is 98.2 cm³/mol. The van der Waals surface area contributed by atoms with Crippen molar-refractivity contribution in [1.29, 1.82) is 0 Å². The number of alkyl halides is 3. The zero-order valence-corrected chi connectivity index (χ0v) is 16.2. The summed E-state index contributed by atoms with van der Waals surface area (Å²) in [5, 5.41) is 3.44. The molecule has 0 bridgehead atoms. The minimum Gasteiger partial charge on any atom is -0.163 e. The largest absolute Gasteiger partial charge is 0.461 e. The molecule has 0 aliphatic heterocycles. The monoisotopic (exact) mass is 440 g/mol. The number of H-pyrrole nitrogens is 2. The van der Waals surface area contributed by atoms with Crippen LogP contribution in [0.1, 0.15) is 16.8 Å². The third-order valence-electron chi connectivity index (χ3n) is 4.19. The van der Waals surface area contributed by atoms with Crippen molar-refractivity contribution in [2.45, 2.75) is 20.0 Å². The summed E-state index contributed by atoms with van der Waals surface area (Å²) >= 11 is 0. The number of nitrogens with zero attached hydrogens (tertiary/aromatic N) is 2. The number of aryl methyl sites for hydroxylation is 2. The van der Waals surface area contributed by atoms with Gasteiger partial charge in [0, 0.05) is 11.1 Å². The molecule has 2 aromatic heterocycles. The second-order valence-corrected chi connectivity index (χ2v) is 6.52. The molecule has 0 spiro atoms. The highest BCUT2D eigenvalue weighted by Gasteiger charge is 2.44. The summed E-state index contributed by atoms with van der Waals surface area (Å²) in [5.74, 6) is -0.774. The zero-order chi connectivity index (χ0) is 22.8. The van der Waals surface area contributed by atoms with Crippen molar-refractivity contribution >= 4 is 0 Å². The molecule has 12 heteroatoms. The molecule has 0 unspecified atom stereocenters. The molecule has 31 heavy (non-hydrogen) atoms. The summed E-state index contributed by atoms with van der Waals surface area (Å²) < 4.78 is 59.1. The lowest BCUT2D eigenvalue weighted by Gasteiger charge is -1.99. The van der Waals surface area contributed by atoms with Crippen LogP contribution in [0.3, 0.4) is 0 Å². The highest BCUT2D eigenvalue weighted by Crippen LogP contribution is 2.33. The van der Waals surface area contributed by atoms with Crippen LogP contribution in [-0.4, -0.2) is 10.3 Å². The van der Waals surface area contributed by atoms with E-state index in [0.29, 0.717) is 5.56 Å². The number of hydrogen-bond donors (Lipinski definition) is 2. The van der Waals surface area contributed by atoms with Gasteiger partial charge in [-0.2, -0.15) is 17.6 Å². The third-order valence-corrected chi connectivity index (χ3v) is 4.19. The second-order valence-electron chi connectivity index (χ2n) is 6.52. The molecular formula is C19H16F4N4O4+2. The van der Waals surface area contributed by atoms with Crippen LogP contribution >= 0.6 is 0 Å². The van der Waals surface area contributed by atoms with Crippen molar-refractivity contribution in [2.75, 3.05) is 0 Å². The van der Waals surface area contributed by atoms with Gasteiger partial charge in [0.2, 0.25) is 0 Å². The smallest absolute Gasteiger partial charge is 0.163 e. The van der Waals surface area contributed by atoms with E-state index >= 15 is 0 Å². The van der Waals surface area contributed by atoms with Crippen molar-refractivity contribution in [1.82, 2.24) is 10.3 Å². The first-order valence-electron chi connectivity index (χ1n) is 8.73. The summed E-state index contributed by atoms with van der Waals surface area (Å²) in [5.41, 5.74) is 0.640. The molecule has 0 fully saturated rings. The summed E-state index contributed by atoms with van der Waals surface area (Å²) in [4.78, 5) is 22.2. The van der Waals surface area contributed by atoms with Gasteiger partial charge in [-0.05, 0) is 53.1 Å². The highest BCUT2D eigenvalue weighted by molar-refractivity contribution is 5.59. The molecule has 2 N–H and O–H groups in total. The molecule has 0 atom stereocenters. The number of hydrogen-bond acceptors (Lipinski definition) is 4. The van der Waals surface area contributed by atoms with Gasteiger partial charge in [0.05, 0.1) is 0 Å². The fourth-order valence-electron chi connectivity index (χ4n) is 2.62. The molecule has 0 saturated heterocycles. The fourth-order valence-corrected chi connectivity index (χ4v) is 2.62. The average molecular weight is 440 g/mol. The zero-order valence-electron chi connectivity index (χ0n) is 16.2. The van der Waals surface area contributed by atoms with Gasteiger partial charge in [-0.25, -0.2) is 0 Å². The lowest BCUT2D eigenvalue weighted by molar-refractivity contribution is -0.704. The van der Waals surface area contributed by atoms with E-state index in [9.17, 15) is 27.4 Å². The first-order valence-corrected chi connectivity index (χ1v) is 8.73. The Hall–Kier alpha value is -3.96. The Morgan fingerprint density at radius 1 is 0.742 bits per heavy atom. The van der Waals surface area contributed by atoms with E-state index in [1.54, 1.807) is 48.5 Å². The molecular weight excluding hydrogens is 424 g/mol. The highest BCUT2D eigenvalue weighted by atomic mass is 19.4. The van der Waals surface area contributed by atoms with E-state index in [1.165, 1.54) is 12.1 Å². The molecule has 0 amide bonds. The molecule has 8 nitrogen and oxygen atoms in total. The van der Waals surface area contributed by atoms with Crippen molar-refractivity contribution in [3.8, 4) is 22.5 Å². The summed E-state index contributed by atoms with van der Waals surface area (Å²) in [6.45, 7) is 3.70. The Balaban J connectivity index is 0.000000179. The van der Waals surface area contributed by atoms with E-state index in [0.717, 1.165) is 11.1 Å². The maximum atomic E-state index is 13.0. The Morgan fingerprint density at radius 2 is 1.16 bits per heavy atom. The topological polar surface area (TPSA) is 104 Å². The van der Waals surface area contributed by atoms with Gasteiger partial charge < -0.3 is 0 Å². The fraction of sp³-hybridized carbons (Fsp3) is 0.158. The molecule has 0 saturated carbocycles. The molecule has 2 heterocycles. The van der Waals surface area contributed by atoms with Crippen LogP contribution in [0.5, 0.6) is 0 Å². The van der Waals surface area contributed by atoms with Crippen molar-refractivity contribution in [2.24, 2.45) is 0 Å². The minimum absolute atomic E-state index is 0.111. The summed E-state index contributed by atoms with van der Waals surface area (Å²) in [7, 11) is 0. The Kier molecular flexibility index (Phi) is 5.90. The molecule has 0 radical (unpaired) electrons. The predicted octanol–water partition coefficient (Wildman–Crippen LogP) is 4.15. The lowest BCUT2D eigenvalue weighted by atomic mass is 10.1. The van der Waals surface area contributed by atoms with Crippen molar-refractivity contribution < 1.29 is 36.0 Å². The normalized spacial score (nSPS) is 11.2. The molecule has 162 valence electrons. The van der Waals surface area contributed by atoms with Crippen molar-refractivity contribution in [3.05, 3.63) is 81.1 Å². The van der Waals surface area contributed by atoms with Crippen molar-refractivity contribution in [3.63, 3.8) is 0 Å².